The number of hydrogen-bond acceptors (Lipinski definition) is 2. The first-order valence-corrected chi connectivity index (χ1v) is 3.93. The molecular formula is C6H5BrClFN2. The lowest BCUT2D eigenvalue weighted by Gasteiger charge is -2.03. The second kappa shape index (κ2) is 3.38. The molecular weight excluding hydrogens is 234 g/mol. The molecule has 1 aromatic carbocycles. The Kier molecular flexibility index (Phi) is 2.70. The average molecular weight is 239 g/mol. The molecule has 0 saturated heterocycles. The topological polar surface area (TPSA) is 38.0 Å². The normalized spacial score (nSPS) is 9.82. The van der Waals surface area contributed by atoms with Crippen molar-refractivity contribution in [2.45, 2.75) is 0 Å². The van der Waals surface area contributed by atoms with E-state index in [1.807, 2.05) is 0 Å². The standard InChI is InChI=1S/C6H5BrClFN2/c7-3-1-4(8)6(9)5(2-3)11-10/h1-2,11H,10H2. The minimum atomic E-state index is -0.544. The Balaban J connectivity index is 3.24. The van der Waals surface area contributed by atoms with Crippen molar-refractivity contribution < 1.29 is 4.39 Å². The molecule has 0 aliphatic rings. The summed E-state index contributed by atoms with van der Waals surface area (Å²) in [5.74, 6) is 4.47. The Labute approximate surface area is 76.6 Å². The van der Waals surface area contributed by atoms with Crippen LogP contribution < -0.4 is 11.3 Å². The van der Waals surface area contributed by atoms with E-state index in [0.717, 1.165) is 0 Å². The Hall–Kier alpha value is -0.320. The molecule has 60 valence electrons. The van der Waals surface area contributed by atoms with Crippen molar-refractivity contribution in [2.24, 2.45) is 5.84 Å². The van der Waals surface area contributed by atoms with Crippen LogP contribution in [0.4, 0.5) is 10.1 Å². The van der Waals surface area contributed by atoms with E-state index in [1.54, 1.807) is 0 Å². The minimum Gasteiger partial charge on any atom is -0.321 e. The van der Waals surface area contributed by atoms with Crippen molar-refractivity contribution in [3.8, 4) is 0 Å². The Bertz CT molecular complexity index is 280. The molecule has 0 fully saturated rings. The predicted octanol–water partition coefficient (Wildman–Crippen LogP) is 2.53. The zero-order valence-electron chi connectivity index (χ0n) is 5.37. The van der Waals surface area contributed by atoms with Crippen LogP contribution in [0.5, 0.6) is 0 Å². The molecule has 0 unspecified atom stereocenters. The Morgan fingerprint density at radius 2 is 2.18 bits per heavy atom. The fraction of sp³-hybridized carbons (Fsp3) is 0. The molecule has 11 heavy (non-hydrogen) atoms. The number of nitrogen functional groups attached to an aromatic ring is 1. The quantitative estimate of drug-likeness (QED) is 0.449. The van der Waals surface area contributed by atoms with E-state index in [2.05, 4.69) is 21.4 Å². The third-order valence-corrected chi connectivity index (χ3v) is 1.88. The van der Waals surface area contributed by atoms with Gasteiger partial charge in [0, 0.05) is 4.47 Å². The van der Waals surface area contributed by atoms with Crippen LogP contribution in [-0.2, 0) is 0 Å². The molecule has 0 atom stereocenters. The molecule has 0 radical (unpaired) electrons. The van der Waals surface area contributed by atoms with Gasteiger partial charge in [-0.2, -0.15) is 0 Å². The van der Waals surface area contributed by atoms with Crippen LogP contribution in [0.15, 0.2) is 16.6 Å². The Morgan fingerprint density at radius 3 is 2.73 bits per heavy atom. The van der Waals surface area contributed by atoms with Crippen molar-refractivity contribution in [2.75, 3.05) is 5.43 Å². The zero-order valence-corrected chi connectivity index (χ0v) is 7.71. The summed E-state index contributed by atoms with van der Waals surface area (Å²) < 4.78 is 13.6. The van der Waals surface area contributed by atoms with Gasteiger partial charge in [0.15, 0.2) is 5.82 Å². The maximum Gasteiger partial charge on any atom is 0.166 e. The second-order valence-corrected chi connectivity index (χ2v) is 3.22. The van der Waals surface area contributed by atoms with E-state index in [1.165, 1.54) is 12.1 Å². The van der Waals surface area contributed by atoms with Gasteiger partial charge in [-0.1, -0.05) is 27.5 Å². The van der Waals surface area contributed by atoms with Crippen molar-refractivity contribution in [1.29, 1.82) is 0 Å². The van der Waals surface area contributed by atoms with Gasteiger partial charge in [-0.3, -0.25) is 5.84 Å². The maximum absolute atomic E-state index is 12.9. The van der Waals surface area contributed by atoms with Gasteiger partial charge in [-0.15, -0.1) is 0 Å². The Morgan fingerprint density at radius 1 is 1.55 bits per heavy atom. The first kappa shape index (κ1) is 8.77. The molecule has 1 rings (SSSR count). The van der Waals surface area contributed by atoms with Crippen LogP contribution in [-0.4, -0.2) is 0 Å². The summed E-state index contributed by atoms with van der Waals surface area (Å²) in [6.45, 7) is 0. The lowest BCUT2D eigenvalue weighted by molar-refractivity contribution is 0.631. The van der Waals surface area contributed by atoms with Crippen LogP contribution in [0.1, 0.15) is 0 Å². The molecule has 3 N–H and O–H groups in total. The smallest absolute Gasteiger partial charge is 0.166 e. The van der Waals surface area contributed by atoms with Gasteiger partial charge in [0.1, 0.15) is 0 Å². The van der Waals surface area contributed by atoms with Crippen molar-refractivity contribution in [3.63, 3.8) is 0 Å². The molecule has 0 aliphatic heterocycles. The highest BCUT2D eigenvalue weighted by molar-refractivity contribution is 9.10. The van der Waals surface area contributed by atoms with Gasteiger partial charge >= 0.3 is 0 Å². The highest BCUT2D eigenvalue weighted by Crippen LogP contribution is 2.26. The van der Waals surface area contributed by atoms with Crippen LogP contribution >= 0.6 is 27.5 Å². The first-order chi connectivity index (χ1) is 5.15. The summed E-state index contributed by atoms with van der Waals surface area (Å²) in [5.41, 5.74) is 2.36. The van der Waals surface area contributed by atoms with E-state index >= 15 is 0 Å². The number of benzene rings is 1. The molecule has 0 saturated carbocycles. The van der Waals surface area contributed by atoms with E-state index in [9.17, 15) is 4.39 Å². The van der Waals surface area contributed by atoms with E-state index in [0.29, 0.717) is 4.47 Å². The SMILES string of the molecule is NNc1cc(Br)cc(Cl)c1F. The van der Waals surface area contributed by atoms with Gasteiger partial charge in [0.2, 0.25) is 0 Å². The largest absolute Gasteiger partial charge is 0.321 e. The molecule has 0 amide bonds. The van der Waals surface area contributed by atoms with Crippen molar-refractivity contribution in [3.05, 3.63) is 27.4 Å². The van der Waals surface area contributed by atoms with E-state index in [-0.39, 0.29) is 10.7 Å². The van der Waals surface area contributed by atoms with Crippen LogP contribution in [0.3, 0.4) is 0 Å². The highest BCUT2D eigenvalue weighted by Gasteiger charge is 2.06. The summed E-state index contributed by atoms with van der Waals surface area (Å²) in [6.07, 6.45) is 0. The number of hydrazine groups is 1. The van der Waals surface area contributed by atoms with Gasteiger partial charge in [-0.25, -0.2) is 4.39 Å². The van der Waals surface area contributed by atoms with Crippen LogP contribution in [0, 0.1) is 5.82 Å². The molecule has 0 aromatic heterocycles. The van der Waals surface area contributed by atoms with Gasteiger partial charge in [0.05, 0.1) is 10.7 Å². The molecule has 0 aliphatic carbocycles. The zero-order chi connectivity index (χ0) is 8.43. The summed E-state index contributed by atoms with van der Waals surface area (Å²) in [6, 6.07) is 2.96. The van der Waals surface area contributed by atoms with E-state index in [4.69, 9.17) is 17.4 Å². The number of rotatable bonds is 1. The molecule has 2 nitrogen and oxygen atoms in total. The minimum absolute atomic E-state index is 0.0346. The summed E-state index contributed by atoms with van der Waals surface area (Å²) in [7, 11) is 0. The number of nitrogens with two attached hydrogens (primary N) is 1. The summed E-state index contributed by atoms with van der Waals surface area (Å²) in [5, 5.41) is 0.0346. The lowest BCUT2D eigenvalue weighted by atomic mass is 10.3. The fourth-order valence-electron chi connectivity index (χ4n) is 0.661. The van der Waals surface area contributed by atoms with Crippen molar-refractivity contribution >= 4 is 33.2 Å². The van der Waals surface area contributed by atoms with Gasteiger partial charge in [0.25, 0.3) is 0 Å². The van der Waals surface area contributed by atoms with Gasteiger partial charge in [-0.05, 0) is 12.1 Å². The molecule has 1 aromatic rings. The number of hydrogen-bond donors (Lipinski definition) is 2. The average Bonchev–Trinajstić information content (AvgIpc) is 1.96. The third kappa shape index (κ3) is 1.83. The molecule has 0 heterocycles. The van der Waals surface area contributed by atoms with Gasteiger partial charge < -0.3 is 5.43 Å². The number of halogens is 3. The lowest BCUT2D eigenvalue weighted by Crippen LogP contribution is -2.08. The van der Waals surface area contributed by atoms with Crippen LogP contribution in [0.25, 0.3) is 0 Å². The number of anilines is 1. The monoisotopic (exact) mass is 238 g/mol. The number of nitrogens with one attached hydrogen (secondary N) is 1. The predicted molar refractivity (Wildman–Crippen MR) is 46.9 cm³/mol. The third-order valence-electron chi connectivity index (χ3n) is 1.15. The highest BCUT2D eigenvalue weighted by atomic mass is 79.9. The van der Waals surface area contributed by atoms with Crippen molar-refractivity contribution in [1.82, 2.24) is 0 Å². The maximum atomic E-state index is 12.9. The second-order valence-electron chi connectivity index (χ2n) is 1.89. The van der Waals surface area contributed by atoms with Crippen LogP contribution in [0.2, 0.25) is 5.02 Å². The summed E-state index contributed by atoms with van der Waals surface area (Å²) in [4.78, 5) is 0. The summed E-state index contributed by atoms with van der Waals surface area (Å²) >= 11 is 8.64. The molecule has 5 heteroatoms. The van der Waals surface area contributed by atoms with E-state index < -0.39 is 5.82 Å². The fourth-order valence-corrected chi connectivity index (χ4v) is 1.47. The first-order valence-electron chi connectivity index (χ1n) is 2.76. The molecule has 0 bridgehead atoms. The molecule has 0 spiro atoms.